The van der Waals surface area contributed by atoms with Crippen molar-refractivity contribution in [2.45, 2.75) is 76.8 Å². The van der Waals surface area contributed by atoms with Gasteiger partial charge < -0.3 is 10.2 Å². The Kier molecular flexibility index (Phi) is 5.79. The topological polar surface area (TPSA) is 15.3 Å². The summed E-state index contributed by atoms with van der Waals surface area (Å²) in [5, 5.41) is 3.59. The van der Waals surface area contributed by atoms with Gasteiger partial charge in [-0.15, -0.1) is 0 Å². The maximum atomic E-state index is 3.59. The first-order chi connectivity index (χ1) is 8.36. The molecule has 0 aromatic heterocycles. The lowest BCUT2D eigenvalue weighted by Gasteiger charge is -2.33. The molecule has 0 radical (unpaired) electrons. The third kappa shape index (κ3) is 5.39. The van der Waals surface area contributed by atoms with Crippen molar-refractivity contribution in [1.82, 2.24) is 10.2 Å². The molecular weight excluding hydrogens is 208 g/mol. The highest BCUT2D eigenvalue weighted by Gasteiger charge is 2.19. The fourth-order valence-electron chi connectivity index (χ4n) is 2.88. The van der Waals surface area contributed by atoms with Crippen molar-refractivity contribution in [2.24, 2.45) is 0 Å². The van der Waals surface area contributed by atoms with Gasteiger partial charge in [0.1, 0.15) is 0 Å². The molecule has 2 aliphatic rings. The first kappa shape index (κ1) is 13.4. The van der Waals surface area contributed by atoms with E-state index in [0.717, 1.165) is 12.1 Å². The number of unbranched alkanes of at least 4 members (excludes halogenated alkanes) is 3. The molecule has 2 nitrogen and oxygen atoms in total. The van der Waals surface area contributed by atoms with E-state index in [9.17, 15) is 0 Å². The summed E-state index contributed by atoms with van der Waals surface area (Å²) < 4.78 is 0. The number of nitrogens with zero attached hydrogens (tertiary/aromatic N) is 1. The number of likely N-dealkylation sites (tertiary alicyclic amines) is 1. The molecular formula is C15H30N2. The van der Waals surface area contributed by atoms with Crippen LogP contribution in [0.1, 0.15) is 64.7 Å². The molecule has 1 atom stereocenters. The molecule has 1 heterocycles. The van der Waals surface area contributed by atoms with E-state index in [0.29, 0.717) is 0 Å². The van der Waals surface area contributed by atoms with E-state index in [2.05, 4.69) is 17.1 Å². The Morgan fingerprint density at radius 1 is 1.00 bits per heavy atom. The molecule has 0 spiro atoms. The molecule has 0 aromatic carbocycles. The van der Waals surface area contributed by atoms with Gasteiger partial charge in [0, 0.05) is 12.1 Å². The molecule has 1 aliphatic carbocycles. The highest BCUT2D eigenvalue weighted by molar-refractivity contribution is 4.80. The van der Waals surface area contributed by atoms with Crippen molar-refractivity contribution in [2.75, 3.05) is 19.6 Å². The van der Waals surface area contributed by atoms with Crippen molar-refractivity contribution in [1.29, 1.82) is 0 Å². The molecule has 1 unspecified atom stereocenters. The van der Waals surface area contributed by atoms with Crippen LogP contribution in [0.4, 0.5) is 0 Å². The van der Waals surface area contributed by atoms with Gasteiger partial charge in [0.15, 0.2) is 0 Å². The SMILES string of the molecule is CC1CCCCN1CCCCCCNC1CC1. The number of rotatable bonds is 8. The summed E-state index contributed by atoms with van der Waals surface area (Å²) in [6.07, 6.45) is 12.8. The Balaban J connectivity index is 1.39. The largest absolute Gasteiger partial charge is 0.314 e. The monoisotopic (exact) mass is 238 g/mol. The van der Waals surface area contributed by atoms with Gasteiger partial charge in [-0.1, -0.05) is 19.3 Å². The second-order valence-corrected chi connectivity index (χ2v) is 6.02. The lowest BCUT2D eigenvalue weighted by molar-refractivity contribution is 0.157. The summed E-state index contributed by atoms with van der Waals surface area (Å²) in [6.45, 7) is 6.35. The van der Waals surface area contributed by atoms with E-state index in [4.69, 9.17) is 0 Å². The van der Waals surface area contributed by atoms with Crippen LogP contribution in [-0.2, 0) is 0 Å². The first-order valence-electron chi connectivity index (χ1n) is 7.83. The molecule has 100 valence electrons. The van der Waals surface area contributed by atoms with Crippen LogP contribution in [0.2, 0.25) is 0 Å². The zero-order valence-electron chi connectivity index (χ0n) is 11.6. The fourth-order valence-corrected chi connectivity index (χ4v) is 2.88. The second-order valence-electron chi connectivity index (χ2n) is 6.02. The molecule has 1 saturated carbocycles. The predicted octanol–water partition coefficient (Wildman–Crippen LogP) is 3.17. The van der Waals surface area contributed by atoms with Crippen molar-refractivity contribution >= 4 is 0 Å². The third-order valence-corrected chi connectivity index (χ3v) is 4.32. The van der Waals surface area contributed by atoms with Gasteiger partial charge in [0.25, 0.3) is 0 Å². The van der Waals surface area contributed by atoms with Crippen molar-refractivity contribution in [3.05, 3.63) is 0 Å². The van der Waals surface area contributed by atoms with Gasteiger partial charge in [-0.3, -0.25) is 0 Å². The molecule has 1 aliphatic heterocycles. The summed E-state index contributed by atoms with van der Waals surface area (Å²) in [7, 11) is 0. The van der Waals surface area contributed by atoms with E-state index < -0.39 is 0 Å². The molecule has 2 fully saturated rings. The Labute approximate surface area is 107 Å². The Hall–Kier alpha value is -0.0800. The maximum absolute atomic E-state index is 3.59. The Bertz CT molecular complexity index is 201. The van der Waals surface area contributed by atoms with Gasteiger partial charge in [0.2, 0.25) is 0 Å². The summed E-state index contributed by atoms with van der Waals surface area (Å²) in [4.78, 5) is 2.70. The van der Waals surface area contributed by atoms with Crippen LogP contribution < -0.4 is 5.32 Å². The number of nitrogens with one attached hydrogen (secondary N) is 1. The number of piperidine rings is 1. The standard InChI is InChI=1S/C15H30N2/c1-14-8-4-7-13-17(14)12-6-3-2-5-11-16-15-9-10-15/h14-16H,2-13H2,1H3. The van der Waals surface area contributed by atoms with Crippen molar-refractivity contribution < 1.29 is 0 Å². The molecule has 0 bridgehead atoms. The third-order valence-electron chi connectivity index (χ3n) is 4.32. The summed E-state index contributed by atoms with van der Waals surface area (Å²) in [5.41, 5.74) is 0. The van der Waals surface area contributed by atoms with Crippen molar-refractivity contribution in [3.8, 4) is 0 Å². The quantitative estimate of drug-likeness (QED) is 0.653. The average Bonchev–Trinajstić information content (AvgIpc) is 3.14. The van der Waals surface area contributed by atoms with Crippen LogP contribution in [0.3, 0.4) is 0 Å². The van der Waals surface area contributed by atoms with E-state index >= 15 is 0 Å². The highest BCUT2D eigenvalue weighted by atomic mass is 15.1. The minimum Gasteiger partial charge on any atom is -0.314 e. The lowest BCUT2D eigenvalue weighted by Crippen LogP contribution is -2.37. The van der Waals surface area contributed by atoms with Crippen LogP contribution in [0, 0.1) is 0 Å². The van der Waals surface area contributed by atoms with Crippen LogP contribution in [0.15, 0.2) is 0 Å². The molecule has 1 saturated heterocycles. The lowest BCUT2D eigenvalue weighted by atomic mass is 10.0. The molecule has 17 heavy (non-hydrogen) atoms. The van der Waals surface area contributed by atoms with Gasteiger partial charge in [-0.25, -0.2) is 0 Å². The van der Waals surface area contributed by atoms with Gasteiger partial charge in [0.05, 0.1) is 0 Å². The van der Waals surface area contributed by atoms with Gasteiger partial charge >= 0.3 is 0 Å². The average molecular weight is 238 g/mol. The zero-order chi connectivity index (χ0) is 11.9. The second kappa shape index (κ2) is 7.38. The van der Waals surface area contributed by atoms with Crippen molar-refractivity contribution in [3.63, 3.8) is 0 Å². The number of hydrogen-bond acceptors (Lipinski definition) is 2. The van der Waals surface area contributed by atoms with E-state index in [1.54, 1.807) is 0 Å². The predicted molar refractivity (Wildman–Crippen MR) is 74.4 cm³/mol. The van der Waals surface area contributed by atoms with E-state index in [1.165, 1.54) is 77.4 Å². The molecule has 0 aromatic rings. The van der Waals surface area contributed by atoms with Crippen LogP contribution in [0.25, 0.3) is 0 Å². The first-order valence-corrected chi connectivity index (χ1v) is 7.83. The Morgan fingerprint density at radius 2 is 1.82 bits per heavy atom. The summed E-state index contributed by atoms with van der Waals surface area (Å²) in [6, 6.07) is 1.74. The normalized spacial score (nSPS) is 26.3. The summed E-state index contributed by atoms with van der Waals surface area (Å²) in [5.74, 6) is 0. The minimum atomic E-state index is 0.847. The van der Waals surface area contributed by atoms with E-state index in [1.807, 2.05) is 0 Å². The smallest absolute Gasteiger partial charge is 0.00682 e. The number of hydrogen-bond donors (Lipinski definition) is 1. The molecule has 2 rings (SSSR count). The van der Waals surface area contributed by atoms with Gasteiger partial charge in [-0.2, -0.15) is 0 Å². The fraction of sp³-hybridized carbons (Fsp3) is 1.00. The Morgan fingerprint density at radius 3 is 2.59 bits per heavy atom. The minimum absolute atomic E-state index is 0.847. The maximum Gasteiger partial charge on any atom is 0.00682 e. The summed E-state index contributed by atoms with van der Waals surface area (Å²) >= 11 is 0. The zero-order valence-corrected chi connectivity index (χ0v) is 11.6. The van der Waals surface area contributed by atoms with Crippen LogP contribution in [0.5, 0.6) is 0 Å². The van der Waals surface area contributed by atoms with Gasteiger partial charge in [-0.05, 0) is 65.1 Å². The van der Waals surface area contributed by atoms with E-state index in [-0.39, 0.29) is 0 Å². The molecule has 2 heteroatoms. The molecule has 1 N–H and O–H groups in total. The van der Waals surface area contributed by atoms with Crippen LogP contribution >= 0.6 is 0 Å². The highest BCUT2D eigenvalue weighted by Crippen LogP contribution is 2.19. The molecule has 0 amide bonds. The van der Waals surface area contributed by atoms with Crippen LogP contribution in [-0.4, -0.2) is 36.6 Å².